The zero-order valence-corrected chi connectivity index (χ0v) is 24.0. The molecule has 2 aliphatic heterocycles. The second kappa shape index (κ2) is 11.0. The zero-order valence-electron chi connectivity index (χ0n) is 22.5. The Bertz CT molecular complexity index is 1900. The molecule has 0 bridgehead atoms. The maximum atomic E-state index is 14.6. The van der Waals surface area contributed by atoms with Crippen LogP contribution < -0.4 is 9.80 Å². The van der Waals surface area contributed by atoms with Crippen LogP contribution >= 0.6 is 11.6 Å². The number of piperazine rings is 1. The number of halogens is 8. The van der Waals surface area contributed by atoms with E-state index in [0.29, 0.717) is 34.7 Å². The largest absolute Gasteiger partial charge is 0.420 e. The first-order valence-electron chi connectivity index (χ1n) is 13.2. The van der Waals surface area contributed by atoms with Crippen molar-refractivity contribution in [1.29, 1.82) is 0 Å². The Kier molecular flexibility index (Phi) is 7.61. The van der Waals surface area contributed by atoms with E-state index in [1.54, 1.807) is 4.90 Å². The number of nitrogens with zero attached hydrogens (tertiary/aromatic N) is 5. The maximum Gasteiger partial charge on any atom is 0.420 e. The summed E-state index contributed by atoms with van der Waals surface area (Å²) in [5.41, 5.74) is -0.274. The lowest BCUT2D eigenvalue weighted by molar-refractivity contribution is -0.143. The van der Waals surface area contributed by atoms with Crippen molar-refractivity contribution < 1.29 is 39.2 Å². The van der Waals surface area contributed by atoms with Gasteiger partial charge < -0.3 is 9.80 Å². The first kappa shape index (κ1) is 30.3. The quantitative estimate of drug-likeness (QED) is 0.154. The molecule has 232 valence electrons. The van der Waals surface area contributed by atoms with Crippen LogP contribution in [0.2, 0.25) is 5.02 Å². The van der Waals surface area contributed by atoms with Crippen LogP contribution in [0, 0.1) is 23.3 Å². The lowest BCUT2D eigenvalue weighted by Crippen LogP contribution is -2.50. The van der Waals surface area contributed by atoms with Gasteiger partial charge in [0, 0.05) is 49.4 Å². The van der Waals surface area contributed by atoms with Gasteiger partial charge in [0.1, 0.15) is 22.6 Å². The summed E-state index contributed by atoms with van der Waals surface area (Å²) in [5, 5.41) is 2.48. The summed E-state index contributed by atoms with van der Waals surface area (Å²) in [6, 6.07) is 11.5. The van der Waals surface area contributed by atoms with Crippen molar-refractivity contribution >= 4 is 43.9 Å². The van der Waals surface area contributed by atoms with Gasteiger partial charge in [-0.3, -0.25) is 0 Å². The van der Waals surface area contributed by atoms with Crippen LogP contribution in [0.25, 0.3) is 10.8 Å². The molecule has 0 N–H and O–H groups in total. The summed E-state index contributed by atoms with van der Waals surface area (Å²) in [7, 11) is -5.44. The molecule has 0 aliphatic carbocycles. The van der Waals surface area contributed by atoms with Gasteiger partial charge in [-0.15, -0.1) is 0 Å². The van der Waals surface area contributed by atoms with Gasteiger partial charge in [-0.2, -0.15) is 17.5 Å². The molecule has 2 aliphatic rings. The maximum absolute atomic E-state index is 14.6. The molecule has 4 aromatic rings. The molecule has 7 nitrogen and oxygen atoms in total. The molecule has 16 heteroatoms. The fourth-order valence-electron chi connectivity index (χ4n) is 5.73. The summed E-state index contributed by atoms with van der Waals surface area (Å²) < 4.78 is 124. The van der Waals surface area contributed by atoms with E-state index in [4.69, 9.17) is 11.6 Å². The van der Waals surface area contributed by atoms with Gasteiger partial charge in [-0.05, 0) is 23.9 Å². The third kappa shape index (κ3) is 5.00. The van der Waals surface area contributed by atoms with Gasteiger partial charge in [-0.1, -0.05) is 35.9 Å². The Hall–Kier alpha value is -3.69. The fraction of sp³-hybridized carbons (Fsp3) is 0.286. The summed E-state index contributed by atoms with van der Waals surface area (Å²) in [6.07, 6.45) is -3.96. The molecule has 3 heterocycles. The second-order valence-corrected chi connectivity index (χ2v) is 12.5. The lowest BCUT2D eigenvalue weighted by atomic mass is 10.0. The highest BCUT2D eigenvalue weighted by Gasteiger charge is 2.47. The minimum absolute atomic E-state index is 0.0829. The molecule has 1 saturated heterocycles. The Morgan fingerprint density at radius 3 is 2.14 bits per heavy atom. The van der Waals surface area contributed by atoms with E-state index < -0.39 is 63.0 Å². The number of anilines is 2. The van der Waals surface area contributed by atoms with E-state index >= 15 is 0 Å². The van der Waals surface area contributed by atoms with Crippen LogP contribution in [0.5, 0.6) is 0 Å². The number of hydrogen-bond donors (Lipinski definition) is 0. The number of hydrogen-bond acceptors (Lipinski definition) is 6. The number of aromatic nitrogens is 2. The van der Waals surface area contributed by atoms with Crippen molar-refractivity contribution in [3.8, 4) is 0 Å². The minimum atomic E-state index is -5.82. The second-order valence-electron chi connectivity index (χ2n) is 10.3. The fourth-order valence-corrected chi connectivity index (χ4v) is 7.69. The number of fused-ring (bicyclic) bond motifs is 2. The normalized spacial score (nSPS) is 16.5. The number of alkyl halides is 3. The number of sulfonamides is 1. The SMILES string of the molecule is O=S(=O)(c1c(F)c(F)c(F)c(F)c1C(F)(F)F)N1CCN(c2ncnc3c2CCN(c2cccc4cccc(Cl)c24)C3)CC1. The predicted octanol–water partition coefficient (Wildman–Crippen LogP) is 5.93. The van der Waals surface area contributed by atoms with E-state index in [-0.39, 0.29) is 13.1 Å². The van der Waals surface area contributed by atoms with Crippen molar-refractivity contribution in [2.24, 2.45) is 0 Å². The molecule has 6 rings (SSSR count). The van der Waals surface area contributed by atoms with Crippen molar-refractivity contribution in [2.45, 2.75) is 24.0 Å². The molecular formula is C28H21ClF7N5O2S. The van der Waals surface area contributed by atoms with Gasteiger partial charge in [-0.25, -0.2) is 35.9 Å². The van der Waals surface area contributed by atoms with E-state index in [2.05, 4.69) is 14.9 Å². The smallest absolute Gasteiger partial charge is 0.365 e. The average Bonchev–Trinajstić information content (AvgIpc) is 3.00. The Labute approximate surface area is 251 Å². The van der Waals surface area contributed by atoms with Crippen LogP contribution in [-0.2, 0) is 29.2 Å². The monoisotopic (exact) mass is 659 g/mol. The van der Waals surface area contributed by atoms with Crippen LogP contribution in [0.3, 0.4) is 0 Å². The Morgan fingerprint density at radius 2 is 1.45 bits per heavy atom. The highest BCUT2D eigenvalue weighted by molar-refractivity contribution is 7.89. The van der Waals surface area contributed by atoms with Crippen molar-refractivity contribution in [1.82, 2.24) is 14.3 Å². The molecule has 0 unspecified atom stereocenters. The predicted molar refractivity (Wildman–Crippen MR) is 148 cm³/mol. The summed E-state index contributed by atoms with van der Waals surface area (Å²) in [6.45, 7) is -0.0862. The Balaban J connectivity index is 1.25. The van der Waals surface area contributed by atoms with Gasteiger partial charge in [0.25, 0.3) is 0 Å². The van der Waals surface area contributed by atoms with Gasteiger partial charge in [0.15, 0.2) is 23.3 Å². The van der Waals surface area contributed by atoms with E-state index in [1.807, 2.05) is 36.4 Å². The van der Waals surface area contributed by atoms with Crippen molar-refractivity contribution in [3.63, 3.8) is 0 Å². The first-order valence-corrected chi connectivity index (χ1v) is 15.1. The van der Waals surface area contributed by atoms with Crippen LogP contribution in [0.15, 0.2) is 47.6 Å². The van der Waals surface area contributed by atoms with E-state index in [0.717, 1.165) is 27.7 Å². The van der Waals surface area contributed by atoms with E-state index in [1.165, 1.54) is 6.33 Å². The first-order chi connectivity index (χ1) is 20.8. The van der Waals surface area contributed by atoms with Crippen LogP contribution in [0.4, 0.5) is 42.2 Å². The lowest BCUT2D eigenvalue weighted by Gasteiger charge is -2.37. The minimum Gasteiger partial charge on any atom is -0.365 e. The van der Waals surface area contributed by atoms with Crippen molar-refractivity contribution in [2.75, 3.05) is 42.5 Å². The molecule has 1 fully saturated rings. The third-order valence-electron chi connectivity index (χ3n) is 7.80. The van der Waals surface area contributed by atoms with E-state index in [9.17, 15) is 39.2 Å². The Morgan fingerprint density at radius 1 is 0.795 bits per heavy atom. The molecule has 0 amide bonds. The molecule has 1 aromatic heterocycles. The zero-order chi connectivity index (χ0) is 31.6. The molecule has 0 spiro atoms. The molecular weight excluding hydrogens is 639 g/mol. The summed E-state index contributed by atoms with van der Waals surface area (Å²) in [4.78, 5) is 10.4. The van der Waals surface area contributed by atoms with Gasteiger partial charge >= 0.3 is 6.18 Å². The van der Waals surface area contributed by atoms with Gasteiger partial charge in [0.2, 0.25) is 10.0 Å². The highest BCUT2D eigenvalue weighted by Crippen LogP contribution is 2.41. The van der Waals surface area contributed by atoms with Gasteiger partial charge in [0.05, 0.1) is 17.3 Å². The molecule has 44 heavy (non-hydrogen) atoms. The topological polar surface area (TPSA) is 69.6 Å². The highest BCUT2D eigenvalue weighted by atomic mass is 35.5. The van der Waals surface area contributed by atoms with Crippen LogP contribution in [-0.4, -0.2) is 55.4 Å². The number of benzene rings is 3. The standard InChI is InChI=1S/C28H21ClF7N5O2S/c29-17-5-1-3-15-4-2-6-19(20(15)17)40-8-7-16-18(13-40)37-14-38-27(16)39-9-11-41(12-10-39)44(42,43)26-21(28(34,35)36)22(30)23(31)24(32)25(26)33/h1-6,14H,7-13H2. The summed E-state index contributed by atoms with van der Waals surface area (Å²) >= 11 is 6.52. The summed E-state index contributed by atoms with van der Waals surface area (Å²) in [5.74, 6) is -10.4. The third-order valence-corrected chi connectivity index (χ3v) is 10.1. The van der Waals surface area contributed by atoms with Crippen LogP contribution in [0.1, 0.15) is 16.8 Å². The number of rotatable bonds is 4. The molecule has 0 saturated carbocycles. The molecule has 3 aromatic carbocycles. The average molecular weight is 660 g/mol. The molecule has 0 atom stereocenters. The molecule has 0 radical (unpaired) electrons. The van der Waals surface area contributed by atoms with Crippen molar-refractivity contribution in [3.05, 3.63) is 87.8 Å².